The predicted octanol–water partition coefficient (Wildman–Crippen LogP) is 4.52. The zero-order chi connectivity index (χ0) is 14.8. The van der Waals surface area contributed by atoms with Gasteiger partial charge >= 0.3 is 0 Å². The maximum Gasteiger partial charge on any atom is 0.0733 e. The van der Waals surface area contributed by atoms with E-state index in [1.54, 1.807) is 0 Å². The molecule has 1 aromatic carbocycles. The number of hydrogen-bond donors (Lipinski definition) is 0. The van der Waals surface area contributed by atoms with Crippen molar-refractivity contribution in [2.45, 2.75) is 33.1 Å². The molecule has 2 nitrogen and oxygen atoms in total. The highest BCUT2D eigenvalue weighted by Crippen LogP contribution is 2.37. The zero-order valence-electron chi connectivity index (χ0n) is 12.8. The van der Waals surface area contributed by atoms with Crippen molar-refractivity contribution in [1.82, 2.24) is 0 Å². The summed E-state index contributed by atoms with van der Waals surface area (Å²) in [6.45, 7) is 6.87. The topological polar surface area (TPSA) is 12.5 Å². The van der Waals surface area contributed by atoms with Gasteiger partial charge in [-0.15, -0.1) is 0 Å². The van der Waals surface area contributed by atoms with Crippen molar-refractivity contribution in [1.29, 1.82) is 0 Å². The average Bonchev–Trinajstić information content (AvgIpc) is 2.54. The van der Waals surface area contributed by atoms with E-state index < -0.39 is 0 Å². The maximum absolute atomic E-state index is 6.47. The van der Waals surface area contributed by atoms with Crippen molar-refractivity contribution in [3.63, 3.8) is 0 Å². The normalized spacial score (nSPS) is 18.1. The molecule has 0 amide bonds. The van der Waals surface area contributed by atoms with Crippen molar-refractivity contribution in [3.8, 4) is 0 Å². The van der Waals surface area contributed by atoms with E-state index >= 15 is 0 Å². The van der Waals surface area contributed by atoms with Gasteiger partial charge in [0.2, 0.25) is 0 Å². The lowest BCUT2D eigenvalue weighted by Crippen LogP contribution is -2.32. The molecule has 0 saturated heterocycles. The Kier molecular flexibility index (Phi) is 4.37. The highest BCUT2D eigenvalue weighted by Gasteiger charge is 2.25. The van der Waals surface area contributed by atoms with Crippen LogP contribution in [0.5, 0.6) is 0 Å². The molecule has 1 aromatic rings. The molecule has 0 atom stereocenters. The maximum atomic E-state index is 6.47. The zero-order valence-corrected chi connectivity index (χ0v) is 13.5. The van der Waals surface area contributed by atoms with Crippen LogP contribution < -0.4 is 4.90 Å². The SMILES string of the molecule is CCc1ccc(Cl)c(CC)c1N1CC=CC2=C1CCOC2. The van der Waals surface area contributed by atoms with E-state index in [4.69, 9.17) is 16.3 Å². The summed E-state index contributed by atoms with van der Waals surface area (Å²) in [6.07, 6.45) is 7.42. The average molecular weight is 304 g/mol. The summed E-state index contributed by atoms with van der Waals surface area (Å²) in [4.78, 5) is 2.46. The molecule has 2 aliphatic heterocycles. The van der Waals surface area contributed by atoms with Crippen LogP contribution in [0.4, 0.5) is 5.69 Å². The summed E-state index contributed by atoms with van der Waals surface area (Å²) in [5.41, 5.74) is 6.70. The van der Waals surface area contributed by atoms with Crippen molar-refractivity contribution in [2.24, 2.45) is 0 Å². The largest absolute Gasteiger partial charge is 0.376 e. The molecule has 0 bridgehead atoms. The quantitative estimate of drug-likeness (QED) is 0.814. The first kappa shape index (κ1) is 14.7. The summed E-state index contributed by atoms with van der Waals surface area (Å²) < 4.78 is 5.60. The number of halogens is 1. The lowest BCUT2D eigenvalue weighted by Gasteiger charge is -2.36. The molecule has 2 aliphatic rings. The number of anilines is 1. The van der Waals surface area contributed by atoms with Crippen LogP contribution in [0.15, 0.2) is 35.6 Å². The third-order valence-electron chi connectivity index (χ3n) is 4.36. The van der Waals surface area contributed by atoms with E-state index in [1.807, 2.05) is 6.07 Å². The number of nitrogens with zero attached hydrogens (tertiary/aromatic N) is 1. The molecule has 0 N–H and O–H groups in total. The van der Waals surface area contributed by atoms with Gasteiger partial charge in [0.15, 0.2) is 0 Å². The minimum atomic E-state index is 0.728. The fourth-order valence-corrected chi connectivity index (χ4v) is 3.59. The van der Waals surface area contributed by atoms with Crippen molar-refractivity contribution in [2.75, 3.05) is 24.7 Å². The van der Waals surface area contributed by atoms with Crippen molar-refractivity contribution >= 4 is 17.3 Å². The summed E-state index contributed by atoms with van der Waals surface area (Å²) >= 11 is 6.47. The van der Waals surface area contributed by atoms with E-state index in [9.17, 15) is 0 Å². The van der Waals surface area contributed by atoms with E-state index in [-0.39, 0.29) is 0 Å². The third kappa shape index (κ3) is 2.63. The smallest absolute Gasteiger partial charge is 0.0733 e. The van der Waals surface area contributed by atoms with E-state index in [0.717, 1.165) is 44.0 Å². The molecule has 0 aromatic heterocycles. The first-order chi connectivity index (χ1) is 10.3. The third-order valence-corrected chi connectivity index (χ3v) is 4.71. The number of rotatable bonds is 3. The Labute approximate surface area is 132 Å². The molecule has 3 heteroatoms. The van der Waals surface area contributed by atoms with E-state index in [0.29, 0.717) is 0 Å². The Balaban J connectivity index is 2.13. The fourth-order valence-electron chi connectivity index (χ4n) is 3.30. The molecule has 0 spiro atoms. The predicted molar refractivity (Wildman–Crippen MR) is 89.2 cm³/mol. The molecule has 112 valence electrons. The van der Waals surface area contributed by atoms with Gasteiger partial charge in [0, 0.05) is 29.4 Å². The van der Waals surface area contributed by atoms with Crippen LogP contribution in [0.3, 0.4) is 0 Å². The summed E-state index contributed by atoms with van der Waals surface area (Å²) in [7, 11) is 0. The number of benzene rings is 1. The number of ether oxygens (including phenoxy) is 1. The summed E-state index contributed by atoms with van der Waals surface area (Å²) in [6, 6.07) is 4.22. The van der Waals surface area contributed by atoms with Crippen LogP contribution in [-0.4, -0.2) is 19.8 Å². The minimum Gasteiger partial charge on any atom is -0.376 e. The Morgan fingerprint density at radius 1 is 1.24 bits per heavy atom. The first-order valence-corrected chi connectivity index (χ1v) is 8.18. The molecule has 2 heterocycles. The molecular weight excluding hydrogens is 282 g/mol. The summed E-state index contributed by atoms with van der Waals surface area (Å²) in [5.74, 6) is 0. The summed E-state index contributed by atoms with van der Waals surface area (Å²) in [5, 5.41) is 0.883. The minimum absolute atomic E-state index is 0.728. The molecule has 0 aliphatic carbocycles. The van der Waals surface area contributed by atoms with Crippen LogP contribution in [0.25, 0.3) is 0 Å². The van der Waals surface area contributed by atoms with Gasteiger partial charge < -0.3 is 9.64 Å². The Morgan fingerprint density at radius 3 is 2.86 bits per heavy atom. The second kappa shape index (κ2) is 6.25. The molecule has 21 heavy (non-hydrogen) atoms. The molecular formula is C18H22ClNO. The van der Waals surface area contributed by atoms with Gasteiger partial charge in [0.25, 0.3) is 0 Å². The molecule has 0 radical (unpaired) electrons. The van der Waals surface area contributed by atoms with Gasteiger partial charge in [-0.2, -0.15) is 0 Å². The lowest BCUT2D eigenvalue weighted by molar-refractivity contribution is 0.147. The monoisotopic (exact) mass is 303 g/mol. The standard InChI is InChI=1S/C18H22ClNO/c1-3-13-7-8-16(19)15(4-2)18(13)20-10-5-6-14-12-21-11-9-17(14)20/h5-8H,3-4,9-12H2,1-2H3. The van der Waals surface area contributed by atoms with Crippen LogP contribution in [0.2, 0.25) is 5.02 Å². The fraction of sp³-hybridized carbons (Fsp3) is 0.444. The number of hydrogen-bond acceptors (Lipinski definition) is 2. The van der Waals surface area contributed by atoms with Crippen molar-refractivity contribution < 1.29 is 4.74 Å². The molecule has 0 fully saturated rings. The van der Waals surface area contributed by atoms with Crippen molar-refractivity contribution in [3.05, 3.63) is 51.7 Å². The van der Waals surface area contributed by atoms with Gasteiger partial charge in [-0.1, -0.05) is 43.7 Å². The Bertz CT molecular complexity index is 603. The van der Waals surface area contributed by atoms with Gasteiger partial charge in [0.05, 0.1) is 13.2 Å². The van der Waals surface area contributed by atoms with E-state index in [2.05, 4.69) is 37.0 Å². The molecule has 3 rings (SSSR count). The Morgan fingerprint density at radius 2 is 2.10 bits per heavy atom. The highest BCUT2D eigenvalue weighted by molar-refractivity contribution is 6.31. The molecule has 0 saturated carbocycles. The highest BCUT2D eigenvalue weighted by atomic mass is 35.5. The number of aryl methyl sites for hydroxylation is 1. The van der Waals surface area contributed by atoms with Gasteiger partial charge in [-0.05, 0) is 35.6 Å². The van der Waals surface area contributed by atoms with Gasteiger partial charge in [0.1, 0.15) is 0 Å². The van der Waals surface area contributed by atoms with E-state index in [1.165, 1.54) is 28.1 Å². The van der Waals surface area contributed by atoms with Crippen LogP contribution >= 0.6 is 11.6 Å². The lowest BCUT2D eigenvalue weighted by atomic mass is 9.97. The second-order valence-corrected chi connectivity index (χ2v) is 5.94. The Hall–Kier alpha value is -1.25. The van der Waals surface area contributed by atoms with Crippen LogP contribution in [0, 0.1) is 0 Å². The second-order valence-electron chi connectivity index (χ2n) is 5.53. The van der Waals surface area contributed by atoms with Gasteiger partial charge in [-0.3, -0.25) is 0 Å². The van der Waals surface area contributed by atoms with Gasteiger partial charge in [-0.25, -0.2) is 0 Å². The van der Waals surface area contributed by atoms with Crippen LogP contribution in [0.1, 0.15) is 31.4 Å². The first-order valence-electron chi connectivity index (χ1n) is 7.80. The van der Waals surface area contributed by atoms with Crippen LogP contribution in [-0.2, 0) is 17.6 Å². The molecule has 0 unspecified atom stereocenters.